The lowest BCUT2D eigenvalue weighted by Gasteiger charge is -2.15. The summed E-state index contributed by atoms with van der Waals surface area (Å²) in [5.41, 5.74) is 0.396. The summed E-state index contributed by atoms with van der Waals surface area (Å²) in [4.78, 5) is 36.6. The van der Waals surface area contributed by atoms with Crippen molar-refractivity contribution in [3.63, 3.8) is 0 Å². The molecule has 0 radical (unpaired) electrons. The number of nitro groups is 1. The first-order chi connectivity index (χ1) is 18.4. The number of hydrogen-bond donors (Lipinski definition) is 0. The normalized spacial score (nSPS) is 14.7. The third-order valence-corrected chi connectivity index (χ3v) is 8.73. The van der Waals surface area contributed by atoms with Gasteiger partial charge in [-0.3, -0.25) is 24.6 Å². The van der Waals surface area contributed by atoms with E-state index in [1.807, 2.05) is 0 Å². The zero-order chi connectivity index (χ0) is 28.5. The number of methoxy groups -OCH3 is 1. The maximum absolute atomic E-state index is 13.0. The number of non-ortho nitro benzene ring substituents is 1. The zero-order valence-corrected chi connectivity index (χ0v) is 24.3. The van der Waals surface area contributed by atoms with Gasteiger partial charge in [-0.1, -0.05) is 35.3 Å². The van der Waals surface area contributed by atoms with Crippen LogP contribution >= 0.6 is 50.9 Å². The van der Waals surface area contributed by atoms with Crippen LogP contribution in [0.4, 0.5) is 10.5 Å². The van der Waals surface area contributed by atoms with Gasteiger partial charge in [-0.2, -0.15) is 8.42 Å². The van der Waals surface area contributed by atoms with Gasteiger partial charge in [-0.05, 0) is 69.7 Å². The van der Waals surface area contributed by atoms with Crippen molar-refractivity contribution in [2.45, 2.75) is 11.4 Å². The van der Waals surface area contributed by atoms with E-state index < -0.39 is 36.8 Å². The lowest BCUT2D eigenvalue weighted by Crippen LogP contribution is -2.27. The van der Waals surface area contributed by atoms with E-state index in [2.05, 4.69) is 15.9 Å². The van der Waals surface area contributed by atoms with Gasteiger partial charge >= 0.3 is 10.1 Å². The molecule has 15 heteroatoms. The summed E-state index contributed by atoms with van der Waals surface area (Å²) in [6, 6.07) is 12.1. The van der Waals surface area contributed by atoms with Crippen LogP contribution in [0.1, 0.15) is 11.1 Å². The predicted molar refractivity (Wildman–Crippen MR) is 150 cm³/mol. The van der Waals surface area contributed by atoms with Crippen molar-refractivity contribution >= 4 is 83.9 Å². The van der Waals surface area contributed by atoms with E-state index in [0.717, 1.165) is 23.1 Å². The van der Waals surface area contributed by atoms with Gasteiger partial charge in [0, 0.05) is 27.7 Å². The SMILES string of the molecule is COc1cc(/C=C2\SC(=O)N(Cc3c(Cl)cccc3Cl)C2=O)cc(Br)c1OS(=O)(=O)c1cccc([N+](=O)[O-])c1. The van der Waals surface area contributed by atoms with Crippen molar-refractivity contribution in [1.29, 1.82) is 0 Å². The molecule has 0 unspecified atom stereocenters. The topological polar surface area (TPSA) is 133 Å². The molecule has 0 spiro atoms. The molecule has 0 N–H and O–H groups in total. The third kappa shape index (κ3) is 6.23. The van der Waals surface area contributed by atoms with Gasteiger partial charge in [0.15, 0.2) is 11.5 Å². The van der Waals surface area contributed by atoms with Crippen LogP contribution in [0.25, 0.3) is 6.08 Å². The average molecular weight is 674 g/mol. The number of benzene rings is 3. The number of nitro benzene ring substituents is 1. The molecule has 1 aliphatic rings. The van der Waals surface area contributed by atoms with Crippen molar-refractivity contribution in [3.05, 3.63) is 95.3 Å². The Hall–Kier alpha value is -3.10. The van der Waals surface area contributed by atoms with Crippen molar-refractivity contribution in [2.24, 2.45) is 0 Å². The standard InChI is InChI=1S/C24H15BrCl2N2O8S2/c1-36-20-9-13(8-17(25)22(20)37-39(34,35)15-5-2-4-14(11-15)29(32)33)10-21-23(30)28(24(31)38-21)12-16-18(26)6-3-7-19(16)27/h2-11H,12H2,1H3/b21-10-. The molecule has 10 nitrogen and oxygen atoms in total. The van der Waals surface area contributed by atoms with Gasteiger partial charge < -0.3 is 8.92 Å². The Morgan fingerprint density at radius 1 is 1.10 bits per heavy atom. The minimum atomic E-state index is -4.48. The fourth-order valence-electron chi connectivity index (χ4n) is 3.44. The molecule has 3 aromatic carbocycles. The lowest BCUT2D eigenvalue weighted by atomic mass is 10.1. The molecule has 4 rings (SSSR count). The molecule has 0 saturated carbocycles. The minimum Gasteiger partial charge on any atom is -0.493 e. The van der Waals surface area contributed by atoms with Crippen LogP contribution in [0.3, 0.4) is 0 Å². The van der Waals surface area contributed by atoms with Crippen LogP contribution in [0.15, 0.2) is 68.9 Å². The van der Waals surface area contributed by atoms with E-state index in [0.29, 0.717) is 32.9 Å². The Morgan fingerprint density at radius 3 is 2.41 bits per heavy atom. The van der Waals surface area contributed by atoms with E-state index in [1.165, 1.54) is 31.4 Å². The second kappa shape index (κ2) is 11.6. The first kappa shape index (κ1) is 28.9. The Morgan fingerprint density at radius 2 is 1.77 bits per heavy atom. The number of thioether (sulfide) groups is 1. The van der Waals surface area contributed by atoms with Crippen LogP contribution in [0, 0.1) is 10.1 Å². The van der Waals surface area contributed by atoms with Gasteiger partial charge in [0.25, 0.3) is 16.8 Å². The van der Waals surface area contributed by atoms with Gasteiger partial charge in [-0.25, -0.2) is 0 Å². The number of imide groups is 1. The number of nitrogens with zero attached hydrogens (tertiary/aromatic N) is 2. The van der Waals surface area contributed by atoms with E-state index in [4.69, 9.17) is 32.1 Å². The smallest absolute Gasteiger partial charge is 0.339 e. The Bertz CT molecular complexity index is 1640. The van der Waals surface area contributed by atoms with Crippen molar-refractivity contribution in [2.75, 3.05) is 7.11 Å². The highest BCUT2D eigenvalue weighted by Crippen LogP contribution is 2.41. The molecule has 0 bridgehead atoms. The maximum atomic E-state index is 13.0. The Kier molecular flexibility index (Phi) is 8.57. The Balaban J connectivity index is 1.62. The second-order valence-electron chi connectivity index (χ2n) is 7.79. The van der Waals surface area contributed by atoms with E-state index in [9.17, 15) is 28.1 Å². The summed E-state index contributed by atoms with van der Waals surface area (Å²) in [7, 11) is -3.20. The second-order valence-corrected chi connectivity index (χ2v) is 12.0. The van der Waals surface area contributed by atoms with Crippen LogP contribution in [0.5, 0.6) is 11.5 Å². The van der Waals surface area contributed by atoms with Gasteiger partial charge in [0.1, 0.15) is 4.90 Å². The van der Waals surface area contributed by atoms with Crippen LogP contribution in [0.2, 0.25) is 10.0 Å². The van der Waals surface area contributed by atoms with Crippen LogP contribution in [-0.4, -0.2) is 36.5 Å². The summed E-state index contributed by atoms with van der Waals surface area (Å²) in [5.74, 6) is -0.806. The summed E-state index contributed by atoms with van der Waals surface area (Å²) in [6.45, 7) is -0.115. The molecular weight excluding hydrogens is 659 g/mol. The number of halogens is 3. The number of carbonyl (C=O) groups is 2. The quantitative estimate of drug-likeness (QED) is 0.111. The molecule has 1 fully saturated rings. The molecule has 3 aromatic rings. The summed E-state index contributed by atoms with van der Waals surface area (Å²) < 4.78 is 36.3. The number of carbonyl (C=O) groups excluding carboxylic acids is 2. The molecule has 0 aromatic heterocycles. The fraction of sp³-hybridized carbons (Fsp3) is 0.0833. The molecule has 0 aliphatic carbocycles. The maximum Gasteiger partial charge on any atom is 0.339 e. The highest BCUT2D eigenvalue weighted by molar-refractivity contribution is 9.10. The van der Waals surface area contributed by atoms with Gasteiger partial charge in [0.2, 0.25) is 0 Å². The third-order valence-electron chi connectivity index (χ3n) is 5.31. The molecule has 1 heterocycles. The van der Waals surface area contributed by atoms with E-state index in [-0.39, 0.29) is 27.4 Å². The van der Waals surface area contributed by atoms with Crippen molar-refractivity contribution < 1.29 is 31.9 Å². The number of rotatable bonds is 8. The van der Waals surface area contributed by atoms with Gasteiger partial charge in [-0.15, -0.1) is 0 Å². The number of ether oxygens (including phenoxy) is 1. The van der Waals surface area contributed by atoms with Crippen molar-refractivity contribution in [1.82, 2.24) is 4.90 Å². The largest absolute Gasteiger partial charge is 0.493 e. The highest BCUT2D eigenvalue weighted by Gasteiger charge is 2.36. The molecule has 1 aliphatic heterocycles. The fourth-order valence-corrected chi connectivity index (χ4v) is 6.44. The summed E-state index contributed by atoms with van der Waals surface area (Å²) >= 11 is 16.3. The number of amides is 2. The van der Waals surface area contributed by atoms with Gasteiger partial charge in [0.05, 0.1) is 28.0 Å². The first-order valence-corrected chi connectivity index (χ1v) is 14.4. The molecule has 0 atom stereocenters. The molecule has 1 saturated heterocycles. The summed E-state index contributed by atoms with van der Waals surface area (Å²) in [6.07, 6.45) is 1.44. The highest BCUT2D eigenvalue weighted by atomic mass is 79.9. The van der Waals surface area contributed by atoms with Crippen LogP contribution < -0.4 is 8.92 Å². The van der Waals surface area contributed by atoms with E-state index >= 15 is 0 Å². The average Bonchev–Trinajstić information content (AvgIpc) is 3.14. The van der Waals surface area contributed by atoms with E-state index in [1.54, 1.807) is 18.2 Å². The lowest BCUT2D eigenvalue weighted by molar-refractivity contribution is -0.385. The monoisotopic (exact) mass is 672 g/mol. The number of hydrogen-bond acceptors (Lipinski definition) is 9. The first-order valence-electron chi connectivity index (χ1n) is 10.7. The molecular formula is C24H15BrCl2N2O8S2. The molecule has 2 amide bonds. The zero-order valence-electron chi connectivity index (χ0n) is 19.6. The van der Waals surface area contributed by atoms with Crippen molar-refractivity contribution in [3.8, 4) is 11.5 Å². The molecule has 202 valence electrons. The minimum absolute atomic E-state index is 0.0216. The van der Waals surface area contributed by atoms with Crippen LogP contribution in [-0.2, 0) is 21.5 Å². The Labute approximate surface area is 244 Å². The predicted octanol–water partition coefficient (Wildman–Crippen LogP) is 6.68. The summed E-state index contributed by atoms with van der Waals surface area (Å²) in [5, 5.41) is 11.1. The molecule has 39 heavy (non-hydrogen) atoms.